The number of benzene rings is 2. The number of phenolic OH excluding ortho intramolecular Hbond substituents is 1. The predicted octanol–water partition coefficient (Wildman–Crippen LogP) is 2.84. The summed E-state index contributed by atoms with van der Waals surface area (Å²) in [6.45, 7) is 0.496. The zero-order chi connectivity index (χ0) is 17.6. The summed E-state index contributed by atoms with van der Waals surface area (Å²) in [5.41, 5.74) is 3.96. The summed E-state index contributed by atoms with van der Waals surface area (Å²) in [4.78, 5) is 15.8. The number of H-pyrrole nitrogens is 1. The average molecular weight is 338 g/mol. The quantitative estimate of drug-likeness (QED) is 0.671. The molecule has 0 spiro atoms. The van der Waals surface area contributed by atoms with Crippen LogP contribution >= 0.6 is 0 Å². The first-order valence-corrected chi connectivity index (χ1v) is 8.00. The maximum Gasteiger partial charge on any atom is 0.268 e. The van der Waals surface area contributed by atoms with Gasteiger partial charge in [0.05, 0.1) is 14.2 Å². The van der Waals surface area contributed by atoms with Gasteiger partial charge in [0, 0.05) is 23.0 Å². The fourth-order valence-corrected chi connectivity index (χ4v) is 3.36. The number of phenols is 1. The number of methoxy groups -OCH3 is 2. The van der Waals surface area contributed by atoms with Crippen LogP contribution in [0, 0.1) is 0 Å². The normalized spacial score (nSPS) is 13.4. The van der Waals surface area contributed by atoms with E-state index in [-0.39, 0.29) is 11.7 Å². The first-order chi connectivity index (χ1) is 12.1. The minimum absolute atomic E-state index is 0.0899. The molecule has 6 nitrogen and oxygen atoms in total. The molecule has 3 aromatic rings. The number of fused-ring (bicyclic) bond motifs is 5. The number of amides is 1. The number of aromatic hydroxyl groups is 1. The molecule has 1 aromatic heterocycles. The summed E-state index contributed by atoms with van der Waals surface area (Å²) in [6, 6.07) is 9.14. The van der Waals surface area contributed by atoms with E-state index in [0.29, 0.717) is 30.2 Å². The number of aromatic nitrogens is 1. The Morgan fingerprint density at radius 3 is 2.72 bits per heavy atom. The van der Waals surface area contributed by atoms with Gasteiger partial charge in [0.1, 0.15) is 11.4 Å². The molecule has 0 fully saturated rings. The highest BCUT2D eigenvalue weighted by atomic mass is 16.5. The lowest BCUT2D eigenvalue weighted by Crippen LogP contribution is -2.28. The molecule has 0 radical (unpaired) electrons. The highest BCUT2D eigenvalue weighted by molar-refractivity contribution is 6.11. The maximum atomic E-state index is 12.6. The van der Waals surface area contributed by atoms with Gasteiger partial charge in [0.2, 0.25) is 0 Å². The van der Waals surface area contributed by atoms with E-state index in [2.05, 4.69) is 10.3 Å². The lowest BCUT2D eigenvalue weighted by molar-refractivity contribution is 0.0950. The molecule has 1 aliphatic rings. The molecule has 128 valence electrons. The zero-order valence-corrected chi connectivity index (χ0v) is 14.0. The first-order valence-electron chi connectivity index (χ1n) is 8.00. The molecule has 0 bridgehead atoms. The number of ether oxygens (including phenoxy) is 2. The van der Waals surface area contributed by atoms with Crippen molar-refractivity contribution in [3.63, 3.8) is 0 Å². The van der Waals surface area contributed by atoms with Gasteiger partial charge in [-0.3, -0.25) is 4.79 Å². The highest BCUT2D eigenvalue weighted by Crippen LogP contribution is 2.41. The van der Waals surface area contributed by atoms with Crippen LogP contribution in [0.5, 0.6) is 17.2 Å². The van der Waals surface area contributed by atoms with Gasteiger partial charge in [-0.15, -0.1) is 0 Å². The van der Waals surface area contributed by atoms with E-state index >= 15 is 0 Å². The number of carbonyl (C=O) groups excluding carboxylic acids is 1. The van der Waals surface area contributed by atoms with Crippen LogP contribution in [-0.4, -0.2) is 36.8 Å². The van der Waals surface area contributed by atoms with Crippen LogP contribution < -0.4 is 14.8 Å². The molecule has 25 heavy (non-hydrogen) atoms. The topological polar surface area (TPSA) is 83.6 Å². The third kappa shape index (κ3) is 2.38. The molecule has 3 N–H and O–H groups in total. The van der Waals surface area contributed by atoms with Crippen molar-refractivity contribution in [1.29, 1.82) is 0 Å². The van der Waals surface area contributed by atoms with E-state index in [1.165, 1.54) is 7.11 Å². The average Bonchev–Trinajstić information content (AvgIpc) is 2.99. The Morgan fingerprint density at radius 1 is 1.12 bits per heavy atom. The first kappa shape index (κ1) is 15.4. The van der Waals surface area contributed by atoms with Crippen molar-refractivity contribution in [2.75, 3.05) is 20.8 Å². The third-order valence-electron chi connectivity index (χ3n) is 4.59. The molecular weight excluding hydrogens is 320 g/mol. The van der Waals surface area contributed by atoms with Gasteiger partial charge in [-0.1, -0.05) is 0 Å². The van der Waals surface area contributed by atoms with Crippen molar-refractivity contribution in [2.45, 2.75) is 6.42 Å². The Morgan fingerprint density at radius 2 is 1.96 bits per heavy atom. The highest BCUT2D eigenvalue weighted by Gasteiger charge is 2.25. The molecule has 2 aromatic carbocycles. The summed E-state index contributed by atoms with van der Waals surface area (Å²) >= 11 is 0. The van der Waals surface area contributed by atoms with E-state index < -0.39 is 0 Å². The van der Waals surface area contributed by atoms with Gasteiger partial charge in [0.25, 0.3) is 5.91 Å². The van der Waals surface area contributed by atoms with E-state index in [0.717, 1.165) is 27.6 Å². The number of hydrogen-bond acceptors (Lipinski definition) is 4. The molecule has 0 aliphatic carbocycles. The lowest BCUT2D eigenvalue weighted by atomic mass is 9.93. The Bertz CT molecular complexity index is 991. The Balaban J connectivity index is 2.09. The second-order valence-electron chi connectivity index (χ2n) is 5.97. The number of rotatable bonds is 2. The fraction of sp³-hybridized carbons (Fsp3) is 0.211. The molecule has 2 heterocycles. The summed E-state index contributed by atoms with van der Waals surface area (Å²) < 4.78 is 10.6. The van der Waals surface area contributed by atoms with Gasteiger partial charge in [-0.25, -0.2) is 0 Å². The molecule has 1 amide bonds. The van der Waals surface area contributed by atoms with Crippen LogP contribution in [0.1, 0.15) is 16.1 Å². The van der Waals surface area contributed by atoms with Crippen LogP contribution in [0.2, 0.25) is 0 Å². The van der Waals surface area contributed by atoms with E-state index in [1.54, 1.807) is 19.2 Å². The smallest absolute Gasteiger partial charge is 0.268 e. The van der Waals surface area contributed by atoms with Gasteiger partial charge < -0.3 is 24.9 Å². The van der Waals surface area contributed by atoms with Crippen LogP contribution in [-0.2, 0) is 6.42 Å². The van der Waals surface area contributed by atoms with Crippen LogP contribution in [0.25, 0.3) is 22.0 Å². The molecule has 0 atom stereocenters. The lowest BCUT2D eigenvalue weighted by Gasteiger charge is -2.17. The summed E-state index contributed by atoms with van der Waals surface area (Å²) in [5.74, 6) is 1.03. The second-order valence-corrected chi connectivity index (χ2v) is 5.97. The second kappa shape index (κ2) is 5.73. The Labute approximate surface area is 144 Å². The summed E-state index contributed by atoms with van der Waals surface area (Å²) in [7, 11) is 3.12. The fourth-order valence-electron chi connectivity index (χ4n) is 3.36. The molecular formula is C19H18N2O4. The Kier molecular flexibility index (Phi) is 3.53. The summed E-state index contributed by atoms with van der Waals surface area (Å²) in [6.07, 6.45) is 0.620. The van der Waals surface area contributed by atoms with Crippen LogP contribution in [0.4, 0.5) is 0 Å². The maximum absolute atomic E-state index is 12.6. The van der Waals surface area contributed by atoms with Crippen molar-refractivity contribution >= 4 is 16.8 Å². The van der Waals surface area contributed by atoms with Crippen molar-refractivity contribution in [2.24, 2.45) is 0 Å². The third-order valence-corrected chi connectivity index (χ3v) is 4.59. The molecule has 6 heteroatoms. The molecule has 0 saturated heterocycles. The van der Waals surface area contributed by atoms with Crippen molar-refractivity contribution in [3.05, 3.63) is 41.6 Å². The van der Waals surface area contributed by atoms with Crippen molar-refractivity contribution < 1.29 is 19.4 Å². The largest absolute Gasteiger partial charge is 0.504 e. The number of hydrogen-bond donors (Lipinski definition) is 3. The minimum Gasteiger partial charge on any atom is -0.504 e. The van der Waals surface area contributed by atoms with E-state index in [9.17, 15) is 9.90 Å². The number of aromatic amines is 1. The van der Waals surface area contributed by atoms with Crippen LogP contribution in [0.15, 0.2) is 30.3 Å². The van der Waals surface area contributed by atoms with Gasteiger partial charge in [0.15, 0.2) is 11.5 Å². The van der Waals surface area contributed by atoms with Crippen molar-refractivity contribution in [1.82, 2.24) is 10.3 Å². The number of nitrogens with one attached hydrogen (secondary N) is 2. The molecule has 4 rings (SSSR count). The SMILES string of the molecule is COc1ccc2[nH]c3c(c2c1)-c1cc(OC)c(O)cc1CCNC3=O. The van der Waals surface area contributed by atoms with E-state index in [4.69, 9.17) is 9.47 Å². The molecule has 0 saturated carbocycles. The van der Waals surface area contributed by atoms with E-state index in [1.807, 2.05) is 18.2 Å². The van der Waals surface area contributed by atoms with Gasteiger partial charge >= 0.3 is 0 Å². The summed E-state index contributed by atoms with van der Waals surface area (Å²) in [5, 5.41) is 13.9. The monoisotopic (exact) mass is 338 g/mol. The minimum atomic E-state index is -0.150. The van der Waals surface area contributed by atoms with Crippen LogP contribution in [0.3, 0.4) is 0 Å². The Hall–Kier alpha value is -3.15. The van der Waals surface area contributed by atoms with Crippen molar-refractivity contribution in [3.8, 4) is 28.4 Å². The molecule has 1 aliphatic heterocycles. The zero-order valence-electron chi connectivity index (χ0n) is 14.0. The predicted molar refractivity (Wildman–Crippen MR) is 94.5 cm³/mol. The van der Waals surface area contributed by atoms with Gasteiger partial charge in [-0.2, -0.15) is 0 Å². The molecule has 0 unspecified atom stereocenters. The number of carbonyl (C=O) groups is 1. The van der Waals surface area contributed by atoms with Gasteiger partial charge in [-0.05, 0) is 47.9 Å². The standard InChI is InChI=1S/C19H18N2O4/c1-24-11-3-4-14-13(8-11)17-12-9-16(25-2)15(22)7-10(12)5-6-20-19(23)18(17)21-14/h3-4,7-9,21-22H,5-6H2,1-2H3,(H,20,23).